The van der Waals surface area contributed by atoms with Crippen LogP contribution in [0.2, 0.25) is 0 Å². The standard InChI is InChI=1S/C26H56N4O2/c1-2-3-4-5-6-7-8-9-10-11-12-13-14-15-16-17-18-19-20-21-22-23-24-25-27-29-30-28-26(31)32/h27-30H,2-25H2,1H3,(H,31,32). The maximum atomic E-state index is 10.2. The van der Waals surface area contributed by atoms with Gasteiger partial charge < -0.3 is 5.11 Å². The fourth-order valence-electron chi connectivity index (χ4n) is 4.19. The highest BCUT2D eigenvalue weighted by Gasteiger charge is 1.96. The second-order valence-corrected chi connectivity index (χ2v) is 9.39. The van der Waals surface area contributed by atoms with E-state index < -0.39 is 6.09 Å². The van der Waals surface area contributed by atoms with Crippen molar-refractivity contribution in [3.8, 4) is 0 Å². The van der Waals surface area contributed by atoms with Crippen LogP contribution in [0.5, 0.6) is 0 Å². The largest absolute Gasteiger partial charge is 0.464 e. The summed E-state index contributed by atoms with van der Waals surface area (Å²) in [6.07, 6.45) is 31.1. The first-order valence-electron chi connectivity index (χ1n) is 14.0. The molecule has 0 saturated heterocycles. The molecule has 0 rings (SSSR count). The van der Waals surface area contributed by atoms with E-state index in [-0.39, 0.29) is 0 Å². The van der Waals surface area contributed by atoms with Crippen LogP contribution in [0.25, 0.3) is 0 Å². The van der Waals surface area contributed by atoms with Gasteiger partial charge in [0.25, 0.3) is 0 Å². The first kappa shape index (κ1) is 31.1. The molecule has 0 bridgehead atoms. The lowest BCUT2D eigenvalue weighted by Gasteiger charge is -2.07. The number of carbonyl (C=O) groups is 1. The number of hydrogen-bond donors (Lipinski definition) is 5. The number of carboxylic acid groups (broad SMARTS) is 1. The van der Waals surface area contributed by atoms with Crippen LogP contribution in [0.1, 0.15) is 155 Å². The first-order chi connectivity index (χ1) is 15.8. The van der Waals surface area contributed by atoms with Crippen LogP contribution in [-0.2, 0) is 0 Å². The molecule has 6 heteroatoms. The lowest BCUT2D eigenvalue weighted by Crippen LogP contribution is -2.52. The Morgan fingerprint density at radius 3 is 1.12 bits per heavy atom. The molecule has 0 aromatic rings. The Labute approximate surface area is 199 Å². The first-order valence-corrected chi connectivity index (χ1v) is 14.0. The van der Waals surface area contributed by atoms with Gasteiger partial charge >= 0.3 is 6.09 Å². The Hall–Kier alpha value is -0.850. The van der Waals surface area contributed by atoms with Gasteiger partial charge in [-0.15, -0.1) is 0 Å². The lowest BCUT2D eigenvalue weighted by atomic mass is 10.0. The molecule has 6 nitrogen and oxygen atoms in total. The van der Waals surface area contributed by atoms with Crippen LogP contribution in [0, 0.1) is 0 Å². The van der Waals surface area contributed by atoms with Crippen molar-refractivity contribution < 1.29 is 9.90 Å². The number of hydrogen-bond acceptors (Lipinski definition) is 4. The van der Waals surface area contributed by atoms with Gasteiger partial charge in [-0.3, -0.25) is 0 Å². The summed E-state index contributed by atoms with van der Waals surface area (Å²) in [6, 6.07) is 0. The molecular formula is C26H56N4O2. The number of unbranched alkanes of at least 4 members (excludes halogenated alkanes) is 22. The molecular weight excluding hydrogens is 400 g/mol. The zero-order valence-electron chi connectivity index (χ0n) is 21.3. The van der Waals surface area contributed by atoms with Crippen molar-refractivity contribution in [3.05, 3.63) is 0 Å². The molecule has 32 heavy (non-hydrogen) atoms. The van der Waals surface area contributed by atoms with E-state index >= 15 is 0 Å². The van der Waals surface area contributed by atoms with E-state index in [1.165, 1.54) is 141 Å². The topological polar surface area (TPSA) is 85.4 Å². The second kappa shape index (κ2) is 28.2. The van der Waals surface area contributed by atoms with Gasteiger partial charge in [-0.05, 0) is 6.42 Å². The van der Waals surface area contributed by atoms with Crippen LogP contribution in [-0.4, -0.2) is 17.7 Å². The highest BCUT2D eigenvalue weighted by molar-refractivity contribution is 5.63. The van der Waals surface area contributed by atoms with Crippen LogP contribution in [0.4, 0.5) is 4.79 Å². The summed E-state index contributed by atoms with van der Waals surface area (Å²) < 4.78 is 0. The highest BCUT2D eigenvalue weighted by Crippen LogP contribution is 2.15. The molecule has 0 aliphatic heterocycles. The molecule has 5 N–H and O–H groups in total. The molecule has 0 spiro atoms. The van der Waals surface area contributed by atoms with Gasteiger partial charge in [0.2, 0.25) is 0 Å². The number of rotatable bonds is 27. The molecule has 1 amide bonds. The van der Waals surface area contributed by atoms with Crippen molar-refractivity contribution in [1.29, 1.82) is 0 Å². The fraction of sp³-hybridized carbons (Fsp3) is 0.962. The predicted molar refractivity (Wildman–Crippen MR) is 137 cm³/mol. The molecule has 0 heterocycles. The van der Waals surface area contributed by atoms with E-state index in [2.05, 4.69) is 23.4 Å². The van der Waals surface area contributed by atoms with Gasteiger partial charge in [0, 0.05) is 6.54 Å². The summed E-state index contributed by atoms with van der Waals surface area (Å²) in [5.74, 6) is 0. The van der Waals surface area contributed by atoms with Crippen LogP contribution < -0.4 is 21.9 Å². The minimum absolute atomic E-state index is 0.827. The van der Waals surface area contributed by atoms with Crippen molar-refractivity contribution in [2.45, 2.75) is 155 Å². The number of nitrogens with one attached hydrogen (secondary N) is 4. The van der Waals surface area contributed by atoms with Crippen LogP contribution in [0.3, 0.4) is 0 Å². The summed E-state index contributed by atoms with van der Waals surface area (Å²) in [5, 5.41) is 8.36. The number of amides is 1. The molecule has 0 radical (unpaired) electrons. The maximum absolute atomic E-state index is 10.2. The Morgan fingerprint density at radius 2 is 0.812 bits per heavy atom. The normalized spacial score (nSPS) is 11.2. The van der Waals surface area contributed by atoms with Gasteiger partial charge in [-0.1, -0.05) is 148 Å². The van der Waals surface area contributed by atoms with Gasteiger partial charge in [0.1, 0.15) is 0 Å². The third-order valence-corrected chi connectivity index (χ3v) is 6.23. The van der Waals surface area contributed by atoms with E-state index in [0.717, 1.165) is 13.0 Å². The quantitative estimate of drug-likeness (QED) is 0.0644. The lowest BCUT2D eigenvalue weighted by molar-refractivity contribution is 0.183. The minimum Gasteiger partial charge on any atom is -0.464 e. The average molecular weight is 457 g/mol. The third-order valence-electron chi connectivity index (χ3n) is 6.23. The fourth-order valence-corrected chi connectivity index (χ4v) is 4.19. The van der Waals surface area contributed by atoms with Crippen molar-refractivity contribution in [3.63, 3.8) is 0 Å². The molecule has 0 aliphatic carbocycles. The van der Waals surface area contributed by atoms with E-state index in [9.17, 15) is 4.79 Å². The van der Waals surface area contributed by atoms with E-state index in [0.29, 0.717) is 0 Å². The second-order valence-electron chi connectivity index (χ2n) is 9.39. The Morgan fingerprint density at radius 1 is 0.500 bits per heavy atom. The van der Waals surface area contributed by atoms with Gasteiger partial charge in [0.15, 0.2) is 0 Å². The maximum Gasteiger partial charge on any atom is 0.420 e. The van der Waals surface area contributed by atoms with Crippen LogP contribution >= 0.6 is 0 Å². The molecule has 0 aromatic carbocycles. The molecule has 0 atom stereocenters. The average Bonchev–Trinajstić information content (AvgIpc) is 2.78. The molecule has 0 aromatic heterocycles. The zero-order chi connectivity index (χ0) is 23.4. The number of hydrazine groups is 3. The van der Waals surface area contributed by atoms with Crippen molar-refractivity contribution in [2.75, 3.05) is 6.54 Å². The SMILES string of the molecule is CCCCCCCCCCCCCCCCCCCCCCCCCNNNNC(=O)O. The van der Waals surface area contributed by atoms with Gasteiger partial charge in [-0.2, -0.15) is 11.1 Å². The highest BCUT2D eigenvalue weighted by atomic mass is 16.4. The molecule has 0 fully saturated rings. The third kappa shape index (κ3) is 29.1. The smallest absolute Gasteiger partial charge is 0.420 e. The Bertz CT molecular complexity index is 370. The Kier molecular flexibility index (Phi) is 27.4. The van der Waals surface area contributed by atoms with E-state index in [4.69, 9.17) is 5.11 Å². The summed E-state index contributed by atoms with van der Waals surface area (Å²) in [4.78, 5) is 10.2. The summed E-state index contributed by atoms with van der Waals surface area (Å²) in [7, 11) is 0. The van der Waals surface area contributed by atoms with Crippen molar-refractivity contribution in [2.24, 2.45) is 0 Å². The molecule has 0 unspecified atom stereocenters. The monoisotopic (exact) mass is 456 g/mol. The van der Waals surface area contributed by atoms with Gasteiger partial charge in [0.05, 0.1) is 0 Å². The summed E-state index contributed by atoms with van der Waals surface area (Å²) in [5.41, 5.74) is 9.85. The molecule has 192 valence electrons. The summed E-state index contributed by atoms with van der Waals surface area (Å²) in [6.45, 7) is 3.12. The van der Waals surface area contributed by atoms with Crippen LogP contribution in [0.15, 0.2) is 0 Å². The predicted octanol–water partition coefficient (Wildman–Crippen LogP) is 7.76. The minimum atomic E-state index is -1.11. The van der Waals surface area contributed by atoms with Crippen molar-refractivity contribution in [1.82, 2.24) is 21.9 Å². The van der Waals surface area contributed by atoms with E-state index in [1.54, 1.807) is 0 Å². The summed E-state index contributed by atoms with van der Waals surface area (Å²) >= 11 is 0. The Balaban J connectivity index is 3.00. The zero-order valence-corrected chi connectivity index (χ0v) is 21.3. The van der Waals surface area contributed by atoms with E-state index in [1.807, 2.05) is 5.43 Å². The van der Waals surface area contributed by atoms with Gasteiger partial charge in [-0.25, -0.2) is 15.6 Å². The molecule has 0 aliphatic rings. The molecule has 0 saturated carbocycles. The van der Waals surface area contributed by atoms with Crippen molar-refractivity contribution >= 4 is 6.09 Å².